The molecule has 42 heavy (non-hydrogen) atoms. The number of thiazole rings is 1. The predicted molar refractivity (Wildman–Crippen MR) is 160 cm³/mol. The second-order valence-corrected chi connectivity index (χ2v) is 10.2. The average Bonchev–Trinajstić information content (AvgIpc) is 3.34. The van der Waals surface area contributed by atoms with Crippen molar-refractivity contribution in [2.24, 2.45) is 4.99 Å². The molecule has 1 aliphatic heterocycles. The van der Waals surface area contributed by atoms with E-state index in [0.29, 0.717) is 49.2 Å². The molecule has 0 radical (unpaired) electrons. The van der Waals surface area contributed by atoms with Crippen LogP contribution in [0.1, 0.15) is 29.7 Å². The molecular weight excluding hydrogens is 556 g/mol. The van der Waals surface area contributed by atoms with Crippen molar-refractivity contribution in [2.45, 2.75) is 13.0 Å². The van der Waals surface area contributed by atoms with E-state index in [9.17, 15) is 9.59 Å². The summed E-state index contributed by atoms with van der Waals surface area (Å²) < 4.78 is 29.4. The van der Waals surface area contributed by atoms with E-state index >= 15 is 0 Å². The smallest absolute Gasteiger partial charge is 0.338 e. The number of hydrogen-bond donors (Lipinski definition) is 0. The minimum absolute atomic E-state index is 0.167. The number of carbonyl (C=O) groups excluding carboxylic acids is 1. The van der Waals surface area contributed by atoms with Gasteiger partial charge in [-0.15, -0.1) is 0 Å². The van der Waals surface area contributed by atoms with Crippen molar-refractivity contribution >= 4 is 29.1 Å². The molecule has 3 aromatic carbocycles. The zero-order chi connectivity index (χ0) is 29.8. The van der Waals surface area contributed by atoms with Crippen molar-refractivity contribution in [3.63, 3.8) is 0 Å². The Balaban J connectivity index is 1.82. The van der Waals surface area contributed by atoms with E-state index in [1.54, 1.807) is 36.8 Å². The third kappa shape index (κ3) is 5.28. The molecule has 0 saturated heterocycles. The molecule has 0 aliphatic carbocycles. The Hall–Kier alpha value is -4.83. The Bertz CT molecular complexity index is 1820. The minimum atomic E-state index is -0.812. The third-order valence-electron chi connectivity index (χ3n) is 6.77. The summed E-state index contributed by atoms with van der Waals surface area (Å²) in [6.07, 6.45) is 1.74. The fourth-order valence-corrected chi connectivity index (χ4v) is 5.90. The molecule has 4 aromatic rings. The topological polar surface area (TPSA) is 97.6 Å². The first-order valence-electron chi connectivity index (χ1n) is 13.2. The van der Waals surface area contributed by atoms with E-state index in [1.807, 2.05) is 54.6 Å². The lowest BCUT2D eigenvalue weighted by atomic mass is 9.93. The molecule has 0 saturated carbocycles. The van der Waals surface area contributed by atoms with Gasteiger partial charge in [0.2, 0.25) is 5.75 Å². The number of hydrogen-bond acceptors (Lipinski definition) is 9. The van der Waals surface area contributed by atoms with Crippen molar-refractivity contribution in [1.82, 2.24) is 4.57 Å². The van der Waals surface area contributed by atoms with Gasteiger partial charge in [-0.3, -0.25) is 9.36 Å². The van der Waals surface area contributed by atoms with Crippen LogP contribution in [0.5, 0.6) is 23.0 Å². The van der Waals surface area contributed by atoms with Gasteiger partial charge in [0, 0.05) is 5.56 Å². The van der Waals surface area contributed by atoms with Gasteiger partial charge in [0.25, 0.3) is 5.56 Å². The Labute approximate surface area is 246 Å². The van der Waals surface area contributed by atoms with Crippen molar-refractivity contribution < 1.29 is 28.5 Å². The highest BCUT2D eigenvalue weighted by molar-refractivity contribution is 7.07. The number of rotatable bonds is 9. The largest absolute Gasteiger partial charge is 0.497 e. The maximum absolute atomic E-state index is 14.1. The van der Waals surface area contributed by atoms with E-state index in [0.717, 1.165) is 5.56 Å². The van der Waals surface area contributed by atoms with Crippen LogP contribution < -0.4 is 33.8 Å². The third-order valence-corrected chi connectivity index (χ3v) is 7.75. The van der Waals surface area contributed by atoms with E-state index in [4.69, 9.17) is 28.7 Å². The van der Waals surface area contributed by atoms with E-state index in [2.05, 4.69) is 0 Å². The molecule has 0 amide bonds. The number of ether oxygens (including phenoxy) is 5. The summed E-state index contributed by atoms with van der Waals surface area (Å²) in [5, 5.41) is 0. The summed E-state index contributed by atoms with van der Waals surface area (Å²) in [6.45, 7) is 1.91. The van der Waals surface area contributed by atoms with Crippen LogP contribution in [0.25, 0.3) is 11.8 Å². The quantitative estimate of drug-likeness (QED) is 0.274. The highest BCUT2D eigenvalue weighted by Crippen LogP contribution is 2.39. The number of benzene rings is 3. The molecule has 1 aromatic heterocycles. The number of aromatic nitrogens is 1. The molecule has 1 aliphatic rings. The van der Waals surface area contributed by atoms with Crippen LogP contribution in [0, 0.1) is 0 Å². The van der Waals surface area contributed by atoms with Crippen LogP contribution in [0.4, 0.5) is 0 Å². The molecule has 216 valence electrons. The van der Waals surface area contributed by atoms with Crippen molar-refractivity contribution in [1.29, 1.82) is 0 Å². The van der Waals surface area contributed by atoms with Crippen LogP contribution in [-0.2, 0) is 9.53 Å². The van der Waals surface area contributed by atoms with E-state index in [-0.39, 0.29) is 17.7 Å². The van der Waals surface area contributed by atoms with Gasteiger partial charge in [-0.05, 0) is 48.4 Å². The standard InChI is InChI=1S/C32H30N2O7S/c1-6-41-31(36)26-27(20-11-8-7-9-12-20)33-32-34(28(26)21-13-10-14-22(18-21)37-2)30(35)25(42-32)17-19-15-23(38-3)29(40-5)24(16-19)39-4/h7-18,28H,6H2,1-5H3. The normalized spacial score (nSPS) is 14.6. The van der Waals surface area contributed by atoms with E-state index in [1.165, 1.54) is 32.7 Å². The molecule has 0 bridgehead atoms. The van der Waals surface area contributed by atoms with Crippen molar-refractivity contribution in [3.05, 3.63) is 109 Å². The summed E-state index contributed by atoms with van der Waals surface area (Å²) in [6, 6.07) is 19.4. The van der Waals surface area contributed by atoms with Crippen LogP contribution in [0.2, 0.25) is 0 Å². The van der Waals surface area contributed by atoms with Crippen LogP contribution in [0.3, 0.4) is 0 Å². The Morgan fingerprint density at radius 2 is 1.64 bits per heavy atom. The number of carbonyl (C=O) groups is 1. The molecule has 1 unspecified atom stereocenters. The first-order valence-corrected chi connectivity index (χ1v) is 14.0. The average molecular weight is 587 g/mol. The van der Waals surface area contributed by atoms with Crippen molar-refractivity contribution in [2.75, 3.05) is 35.0 Å². The Morgan fingerprint density at radius 3 is 2.26 bits per heavy atom. The van der Waals surface area contributed by atoms with Gasteiger partial charge in [0.05, 0.1) is 56.9 Å². The number of fused-ring (bicyclic) bond motifs is 1. The molecule has 1 atom stereocenters. The first-order chi connectivity index (χ1) is 20.4. The SMILES string of the molecule is CCOC(=O)C1=C(c2ccccc2)N=c2sc(=Cc3cc(OC)c(OC)c(OC)c3)c(=O)n2C1c1cccc(OC)c1. The highest BCUT2D eigenvalue weighted by atomic mass is 32.1. The molecule has 0 N–H and O–H groups in total. The predicted octanol–water partition coefficient (Wildman–Crippen LogP) is 3.97. The molecular formula is C32H30N2O7S. The van der Waals surface area contributed by atoms with Crippen molar-refractivity contribution in [3.8, 4) is 23.0 Å². The van der Waals surface area contributed by atoms with Gasteiger partial charge in [-0.2, -0.15) is 0 Å². The molecule has 0 spiro atoms. The summed E-state index contributed by atoms with van der Waals surface area (Å²) >= 11 is 1.23. The Morgan fingerprint density at radius 1 is 0.929 bits per heavy atom. The Kier molecular flexibility index (Phi) is 8.44. The van der Waals surface area contributed by atoms with Gasteiger partial charge in [-0.1, -0.05) is 53.8 Å². The number of methoxy groups -OCH3 is 4. The van der Waals surface area contributed by atoms with Gasteiger partial charge in [0.1, 0.15) is 5.75 Å². The lowest BCUT2D eigenvalue weighted by Crippen LogP contribution is -2.40. The van der Waals surface area contributed by atoms with Gasteiger partial charge >= 0.3 is 5.97 Å². The molecule has 10 heteroatoms. The fraction of sp³-hybridized carbons (Fsp3) is 0.219. The summed E-state index contributed by atoms with van der Waals surface area (Å²) in [7, 11) is 6.16. The summed E-state index contributed by atoms with van der Waals surface area (Å²) in [4.78, 5) is 33.1. The lowest BCUT2D eigenvalue weighted by Gasteiger charge is -2.26. The lowest BCUT2D eigenvalue weighted by molar-refractivity contribution is -0.138. The summed E-state index contributed by atoms with van der Waals surface area (Å²) in [5.74, 6) is 1.41. The second kappa shape index (κ2) is 12.4. The number of nitrogens with zero attached hydrogens (tertiary/aromatic N) is 2. The maximum atomic E-state index is 14.1. The number of esters is 1. The van der Waals surface area contributed by atoms with E-state index < -0.39 is 12.0 Å². The molecule has 5 rings (SSSR count). The molecule has 9 nitrogen and oxygen atoms in total. The highest BCUT2D eigenvalue weighted by Gasteiger charge is 2.35. The van der Waals surface area contributed by atoms with Gasteiger partial charge in [0.15, 0.2) is 16.3 Å². The van der Waals surface area contributed by atoms with Crippen LogP contribution in [0.15, 0.2) is 82.1 Å². The maximum Gasteiger partial charge on any atom is 0.338 e. The first kappa shape index (κ1) is 28.7. The fourth-order valence-electron chi connectivity index (χ4n) is 4.90. The monoisotopic (exact) mass is 586 g/mol. The van der Waals surface area contributed by atoms with Crippen LogP contribution >= 0.6 is 11.3 Å². The minimum Gasteiger partial charge on any atom is -0.497 e. The molecule has 0 fully saturated rings. The molecule has 2 heterocycles. The zero-order valence-corrected chi connectivity index (χ0v) is 24.7. The second-order valence-electron chi connectivity index (χ2n) is 9.17. The summed E-state index contributed by atoms with van der Waals surface area (Å²) in [5.41, 5.74) is 2.48. The zero-order valence-electron chi connectivity index (χ0n) is 23.9. The van der Waals surface area contributed by atoms with Gasteiger partial charge in [-0.25, -0.2) is 9.79 Å². The van der Waals surface area contributed by atoms with Gasteiger partial charge < -0.3 is 23.7 Å². The van der Waals surface area contributed by atoms with Crippen LogP contribution in [-0.4, -0.2) is 45.6 Å².